The minimum absolute atomic E-state index is 0.313. The van der Waals surface area contributed by atoms with Crippen LogP contribution in [0.4, 0.5) is 4.79 Å². The number of carbonyl (C=O) groups is 1. The van der Waals surface area contributed by atoms with Crippen LogP contribution in [0.15, 0.2) is 36.4 Å². The van der Waals surface area contributed by atoms with Crippen molar-refractivity contribution in [1.29, 1.82) is 0 Å². The molecule has 1 aromatic rings. The summed E-state index contributed by atoms with van der Waals surface area (Å²) in [4.78, 5) is 13.4. The van der Waals surface area contributed by atoms with E-state index in [2.05, 4.69) is 6.08 Å². The van der Waals surface area contributed by atoms with Gasteiger partial charge in [0, 0.05) is 18.1 Å². The molecule has 0 bridgehead atoms. The topological polar surface area (TPSA) is 29.5 Å². The molecule has 4 heteroatoms. The quantitative estimate of drug-likeness (QED) is 0.703. The smallest absolute Gasteiger partial charge is 0.410 e. The van der Waals surface area contributed by atoms with Crippen LogP contribution in [-0.4, -0.2) is 24.1 Å². The molecular formula is C12H12ClNO2. The lowest BCUT2D eigenvalue weighted by molar-refractivity contribution is 0.156. The van der Waals surface area contributed by atoms with E-state index >= 15 is 0 Å². The number of halogens is 1. The van der Waals surface area contributed by atoms with Crippen molar-refractivity contribution in [3.63, 3.8) is 0 Å². The molecule has 1 amide bonds. The Labute approximate surface area is 99.3 Å². The highest BCUT2D eigenvalue weighted by Crippen LogP contribution is 2.16. The molecule has 84 valence electrons. The van der Waals surface area contributed by atoms with E-state index in [9.17, 15) is 4.79 Å². The summed E-state index contributed by atoms with van der Waals surface area (Å²) in [5.41, 5.74) is 0. The largest absolute Gasteiger partial charge is 0.415 e. The van der Waals surface area contributed by atoms with Crippen LogP contribution in [0, 0.1) is 0 Å². The number of hydrogen-bond donors (Lipinski definition) is 0. The molecule has 1 aliphatic heterocycles. The van der Waals surface area contributed by atoms with Gasteiger partial charge in [-0.3, -0.25) is 0 Å². The second kappa shape index (κ2) is 5.03. The summed E-state index contributed by atoms with van der Waals surface area (Å²) in [6, 6.07) is 6.75. The molecule has 1 aliphatic rings. The second-order valence-electron chi connectivity index (χ2n) is 3.53. The molecule has 0 aromatic heterocycles. The molecule has 16 heavy (non-hydrogen) atoms. The third-order valence-electron chi connectivity index (χ3n) is 2.34. The van der Waals surface area contributed by atoms with E-state index in [0.29, 0.717) is 23.9 Å². The summed E-state index contributed by atoms with van der Waals surface area (Å²) < 4.78 is 5.20. The number of benzene rings is 1. The van der Waals surface area contributed by atoms with Crippen LogP contribution in [-0.2, 0) is 0 Å². The second-order valence-corrected chi connectivity index (χ2v) is 3.96. The first-order valence-electron chi connectivity index (χ1n) is 5.13. The lowest BCUT2D eigenvalue weighted by Crippen LogP contribution is -2.35. The molecule has 0 aliphatic carbocycles. The first-order valence-corrected chi connectivity index (χ1v) is 5.51. The molecule has 0 fully saturated rings. The average molecular weight is 238 g/mol. The minimum Gasteiger partial charge on any atom is -0.410 e. The molecule has 0 unspecified atom stereocenters. The highest BCUT2D eigenvalue weighted by Gasteiger charge is 2.15. The maximum atomic E-state index is 11.7. The molecule has 3 nitrogen and oxygen atoms in total. The first kappa shape index (κ1) is 11.0. The average Bonchev–Trinajstić information content (AvgIpc) is 2.33. The Morgan fingerprint density at radius 2 is 2.00 bits per heavy atom. The molecule has 0 N–H and O–H groups in total. The van der Waals surface area contributed by atoms with E-state index in [1.54, 1.807) is 29.2 Å². The van der Waals surface area contributed by atoms with Crippen LogP contribution in [0.1, 0.15) is 6.42 Å². The lowest BCUT2D eigenvalue weighted by atomic mass is 10.3. The van der Waals surface area contributed by atoms with Crippen molar-refractivity contribution >= 4 is 17.7 Å². The number of nitrogens with zero attached hydrogens (tertiary/aromatic N) is 1. The van der Waals surface area contributed by atoms with Gasteiger partial charge in [0.25, 0.3) is 0 Å². The van der Waals surface area contributed by atoms with Gasteiger partial charge in [-0.1, -0.05) is 23.8 Å². The number of hydrogen-bond acceptors (Lipinski definition) is 2. The monoisotopic (exact) mass is 237 g/mol. The maximum absolute atomic E-state index is 11.7. The van der Waals surface area contributed by atoms with Crippen molar-refractivity contribution in [2.24, 2.45) is 0 Å². The van der Waals surface area contributed by atoms with Gasteiger partial charge >= 0.3 is 6.09 Å². The molecule has 0 atom stereocenters. The first-order chi connectivity index (χ1) is 7.75. The predicted molar refractivity (Wildman–Crippen MR) is 62.8 cm³/mol. The Bertz CT molecular complexity index is 400. The third-order valence-corrected chi connectivity index (χ3v) is 2.59. The van der Waals surface area contributed by atoms with Crippen LogP contribution in [0.25, 0.3) is 0 Å². The molecule has 0 spiro atoms. The van der Waals surface area contributed by atoms with E-state index in [1.165, 1.54) is 0 Å². The van der Waals surface area contributed by atoms with Gasteiger partial charge < -0.3 is 9.64 Å². The predicted octanol–water partition coefficient (Wildman–Crippen LogP) is 3.10. The summed E-state index contributed by atoms with van der Waals surface area (Å²) in [7, 11) is 0. The van der Waals surface area contributed by atoms with Crippen LogP contribution < -0.4 is 4.74 Å². The molecule has 0 radical (unpaired) electrons. The highest BCUT2D eigenvalue weighted by molar-refractivity contribution is 6.30. The van der Waals surface area contributed by atoms with E-state index in [1.807, 2.05) is 6.08 Å². The zero-order valence-electron chi connectivity index (χ0n) is 8.73. The Morgan fingerprint density at radius 1 is 1.25 bits per heavy atom. The van der Waals surface area contributed by atoms with Gasteiger partial charge in [-0.15, -0.1) is 0 Å². The van der Waals surface area contributed by atoms with Crippen molar-refractivity contribution in [2.45, 2.75) is 6.42 Å². The Kier molecular flexibility index (Phi) is 3.47. The third kappa shape index (κ3) is 2.76. The summed E-state index contributed by atoms with van der Waals surface area (Å²) >= 11 is 5.74. The van der Waals surface area contributed by atoms with Crippen LogP contribution in [0.2, 0.25) is 5.02 Å². The van der Waals surface area contributed by atoms with Crippen LogP contribution in [0.5, 0.6) is 5.75 Å². The maximum Gasteiger partial charge on any atom is 0.415 e. The van der Waals surface area contributed by atoms with Crippen molar-refractivity contribution in [3.05, 3.63) is 41.4 Å². The van der Waals surface area contributed by atoms with Gasteiger partial charge in [-0.05, 0) is 30.7 Å². The Balaban J connectivity index is 1.96. The minimum atomic E-state index is -0.313. The normalized spacial score (nSPS) is 14.9. The van der Waals surface area contributed by atoms with Gasteiger partial charge in [-0.2, -0.15) is 0 Å². The zero-order chi connectivity index (χ0) is 11.4. The number of ether oxygens (including phenoxy) is 1. The number of rotatable bonds is 1. The fraction of sp³-hybridized carbons (Fsp3) is 0.250. The van der Waals surface area contributed by atoms with Crippen molar-refractivity contribution in [1.82, 2.24) is 4.90 Å². The standard InChI is InChI=1S/C12H12ClNO2/c13-10-4-6-11(7-5-10)16-12(15)14-8-2-1-3-9-14/h1-2,4-7H,3,8-9H2. The van der Waals surface area contributed by atoms with Gasteiger partial charge in [0.1, 0.15) is 5.75 Å². The number of carbonyl (C=O) groups excluding carboxylic acids is 1. The SMILES string of the molecule is O=C(Oc1ccc(Cl)cc1)N1CC=CCC1. The van der Waals surface area contributed by atoms with E-state index < -0.39 is 0 Å². The Morgan fingerprint density at radius 3 is 2.62 bits per heavy atom. The summed E-state index contributed by atoms with van der Waals surface area (Å²) in [6.45, 7) is 1.33. The highest BCUT2D eigenvalue weighted by atomic mass is 35.5. The van der Waals surface area contributed by atoms with Crippen LogP contribution >= 0.6 is 11.6 Å². The van der Waals surface area contributed by atoms with E-state index in [0.717, 1.165) is 6.42 Å². The molecule has 1 aromatic carbocycles. The van der Waals surface area contributed by atoms with E-state index in [-0.39, 0.29) is 6.09 Å². The fourth-order valence-corrected chi connectivity index (χ4v) is 1.60. The van der Waals surface area contributed by atoms with E-state index in [4.69, 9.17) is 16.3 Å². The van der Waals surface area contributed by atoms with Gasteiger partial charge in [0.2, 0.25) is 0 Å². The van der Waals surface area contributed by atoms with Gasteiger partial charge in [0.05, 0.1) is 0 Å². The molecule has 2 rings (SSSR count). The number of amides is 1. The fourth-order valence-electron chi connectivity index (χ4n) is 1.48. The van der Waals surface area contributed by atoms with Crippen LogP contribution in [0.3, 0.4) is 0 Å². The summed E-state index contributed by atoms with van der Waals surface area (Å²) in [5, 5.41) is 0.626. The molecule has 0 saturated heterocycles. The van der Waals surface area contributed by atoms with Gasteiger partial charge in [0.15, 0.2) is 0 Å². The van der Waals surface area contributed by atoms with Crippen molar-refractivity contribution in [3.8, 4) is 5.75 Å². The molecule has 0 saturated carbocycles. The summed E-state index contributed by atoms with van der Waals surface area (Å²) in [6.07, 6.45) is 4.60. The molecule has 1 heterocycles. The van der Waals surface area contributed by atoms with Crippen molar-refractivity contribution < 1.29 is 9.53 Å². The lowest BCUT2D eigenvalue weighted by Gasteiger charge is -2.22. The van der Waals surface area contributed by atoms with Gasteiger partial charge in [-0.25, -0.2) is 4.79 Å². The molecular weight excluding hydrogens is 226 g/mol. The zero-order valence-corrected chi connectivity index (χ0v) is 9.48. The Hall–Kier alpha value is -1.48. The van der Waals surface area contributed by atoms with Crippen molar-refractivity contribution in [2.75, 3.05) is 13.1 Å². The summed E-state index contributed by atoms with van der Waals surface area (Å²) in [5.74, 6) is 0.518.